The quantitative estimate of drug-likeness (QED) is 0.662. The number of hydrogen-bond acceptors (Lipinski definition) is 5. The molecule has 5 saturated carbocycles. The van der Waals surface area contributed by atoms with Gasteiger partial charge in [-0.05, 0) is 69.7 Å². The average Bonchev–Trinajstić information content (AvgIpc) is 3.08. The molecule has 7 fully saturated rings. The van der Waals surface area contributed by atoms with Crippen LogP contribution < -0.4 is 0 Å². The smallest absolute Gasteiger partial charge is 0.222 e. The van der Waals surface area contributed by atoms with Gasteiger partial charge in [-0.2, -0.15) is 9.78 Å². The zero-order valence-corrected chi connectivity index (χ0v) is 17.8. The number of piperazine rings is 1. The van der Waals surface area contributed by atoms with Gasteiger partial charge in [-0.1, -0.05) is 0 Å². The van der Waals surface area contributed by atoms with Crippen LogP contribution in [0.15, 0.2) is 0 Å². The predicted molar refractivity (Wildman–Crippen MR) is 106 cm³/mol. The number of ether oxygens (including phenoxy) is 1. The molecule has 7 rings (SSSR count). The minimum Gasteiger partial charge on any atom is -0.340 e. The minimum absolute atomic E-state index is 0.334. The van der Waals surface area contributed by atoms with Crippen molar-refractivity contribution in [2.45, 2.75) is 75.8 Å². The highest BCUT2D eigenvalue weighted by Crippen LogP contribution is 2.63. The van der Waals surface area contributed by atoms with E-state index in [4.69, 9.17) is 14.5 Å². The number of hydrogen-bond donors (Lipinski definition) is 0. The van der Waals surface area contributed by atoms with E-state index in [0.29, 0.717) is 30.1 Å². The first-order chi connectivity index (χ1) is 14.0. The first kappa shape index (κ1) is 19.0. The molecule has 0 aromatic carbocycles. The number of carbonyl (C=O) groups is 1. The summed E-state index contributed by atoms with van der Waals surface area (Å²) in [5.74, 6) is 2.60. The molecular weight excluding hydrogens is 368 g/mol. The summed E-state index contributed by atoms with van der Waals surface area (Å²) in [6.07, 6.45) is 10.9. The molecular formula is C23H36N2O4. The van der Waals surface area contributed by atoms with Crippen molar-refractivity contribution in [2.75, 3.05) is 33.2 Å². The Hall–Kier alpha value is -0.690. The molecule has 162 valence electrons. The van der Waals surface area contributed by atoms with Gasteiger partial charge in [0.25, 0.3) is 0 Å². The molecule has 1 amide bonds. The lowest BCUT2D eigenvalue weighted by Crippen LogP contribution is -2.59. The van der Waals surface area contributed by atoms with Crippen molar-refractivity contribution in [2.24, 2.45) is 29.6 Å². The van der Waals surface area contributed by atoms with Crippen molar-refractivity contribution < 1.29 is 19.3 Å². The Morgan fingerprint density at radius 3 is 2.14 bits per heavy atom. The molecule has 2 spiro atoms. The Kier molecular flexibility index (Phi) is 4.53. The van der Waals surface area contributed by atoms with Gasteiger partial charge in [-0.15, -0.1) is 0 Å². The van der Waals surface area contributed by atoms with E-state index in [1.54, 1.807) is 0 Å². The van der Waals surface area contributed by atoms with Crippen LogP contribution in [0.1, 0.15) is 64.2 Å². The van der Waals surface area contributed by atoms with Gasteiger partial charge in [0.15, 0.2) is 0 Å². The van der Waals surface area contributed by atoms with Gasteiger partial charge in [0, 0.05) is 57.3 Å². The van der Waals surface area contributed by atoms with Gasteiger partial charge in [0.05, 0.1) is 0 Å². The maximum absolute atomic E-state index is 12.7. The van der Waals surface area contributed by atoms with Gasteiger partial charge < -0.3 is 14.5 Å². The second kappa shape index (κ2) is 6.91. The van der Waals surface area contributed by atoms with Crippen molar-refractivity contribution in [3.8, 4) is 0 Å². The van der Waals surface area contributed by atoms with Crippen LogP contribution in [0.25, 0.3) is 0 Å². The van der Waals surface area contributed by atoms with Crippen LogP contribution in [0.4, 0.5) is 0 Å². The lowest BCUT2D eigenvalue weighted by molar-refractivity contribution is -0.390. The third-order valence-corrected chi connectivity index (χ3v) is 9.13. The molecule has 6 heteroatoms. The van der Waals surface area contributed by atoms with E-state index in [1.165, 1.54) is 32.1 Å². The zero-order valence-electron chi connectivity index (χ0n) is 17.8. The number of carbonyl (C=O) groups excluding carboxylic acids is 1. The third kappa shape index (κ3) is 3.17. The fourth-order valence-corrected chi connectivity index (χ4v) is 7.55. The van der Waals surface area contributed by atoms with Gasteiger partial charge in [0.1, 0.15) is 0 Å². The topological polar surface area (TPSA) is 51.2 Å². The molecule has 0 N–H and O–H groups in total. The summed E-state index contributed by atoms with van der Waals surface area (Å²) in [6, 6.07) is 0. The molecule has 0 atom stereocenters. The Balaban J connectivity index is 1.06. The predicted octanol–water partition coefficient (Wildman–Crippen LogP) is 3.17. The van der Waals surface area contributed by atoms with Crippen molar-refractivity contribution in [1.82, 2.24) is 9.80 Å². The molecule has 29 heavy (non-hydrogen) atoms. The summed E-state index contributed by atoms with van der Waals surface area (Å²) in [5, 5.41) is 0. The average molecular weight is 405 g/mol. The van der Waals surface area contributed by atoms with E-state index in [0.717, 1.165) is 63.7 Å². The lowest BCUT2D eigenvalue weighted by atomic mass is 9.53. The molecule has 2 heterocycles. The molecule has 0 aromatic heterocycles. The molecule has 7 aliphatic rings. The fourth-order valence-electron chi connectivity index (χ4n) is 7.55. The van der Waals surface area contributed by atoms with Crippen LogP contribution in [0.3, 0.4) is 0 Å². The van der Waals surface area contributed by atoms with E-state index < -0.39 is 11.6 Å². The summed E-state index contributed by atoms with van der Waals surface area (Å²) < 4.78 is 6.79. The Labute approximate surface area is 174 Å². The van der Waals surface area contributed by atoms with Crippen molar-refractivity contribution in [3.63, 3.8) is 0 Å². The Morgan fingerprint density at radius 1 is 0.897 bits per heavy atom. The summed E-state index contributed by atoms with van der Waals surface area (Å²) in [7, 11) is 2.13. The summed E-state index contributed by atoms with van der Waals surface area (Å²) in [4.78, 5) is 29.2. The van der Waals surface area contributed by atoms with E-state index in [2.05, 4.69) is 16.8 Å². The highest BCUT2D eigenvalue weighted by molar-refractivity contribution is 5.76. The second-order valence-corrected chi connectivity index (χ2v) is 11.0. The van der Waals surface area contributed by atoms with E-state index in [-0.39, 0.29) is 0 Å². The summed E-state index contributed by atoms with van der Waals surface area (Å²) in [5.41, 5.74) is 0. The third-order valence-electron chi connectivity index (χ3n) is 9.13. The standard InChI is InChI=1S/C23H36N2O4/c1-24-6-8-25(9-7-24)21(26)15-16-2-4-22(5-3-16)27-23(29-28-22)19-11-17-10-18(13-19)14-20(23)12-17/h16-20H,2-15H2,1H3. The molecule has 4 bridgehead atoms. The number of likely N-dealkylation sites (N-methyl/N-ethyl adjacent to an activating group) is 1. The van der Waals surface area contributed by atoms with Crippen LogP contribution >= 0.6 is 0 Å². The zero-order chi connectivity index (χ0) is 19.6. The molecule has 0 unspecified atom stereocenters. The summed E-state index contributed by atoms with van der Waals surface area (Å²) in [6.45, 7) is 3.73. The van der Waals surface area contributed by atoms with E-state index >= 15 is 0 Å². The molecule has 6 nitrogen and oxygen atoms in total. The van der Waals surface area contributed by atoms with Crippen LogP contribution in [0, 0.1) is 29.6 Å². The molecule has 0 aromatic rings. The molecule has 2 saturated heterocycles. The Bertz CT molecular complexity index is 623. The first-order valence-electron chi connectivity index (χ1n) is 12.1. The fraction of sp³-hybridized carbons (Fsp3) is 0.957. The van der Waals surface area contributed by atoms with Gasteiger partial charge in [-0.3, -0.25) is 4.79 Å². The van der Waals surface area contributed by atoms with Crippen molar-refractivity contribution in [3.05, 3.63) is 0 Å². The number of nitrogens with zero attached hydrogens (tertiary/aromatic N) is 2. The van der Waals surface area contributed by atoms with Crippen LogP contribution in [0.2, 0.25) is 0 Å². The molecule has 2 aliphatic heterocycles. The van der Waals surface area contributed by atoms with Crippen LogP contribution in [-0.2, 0) is 19.3 Å². The monoisotopic (exact) mass is 404 g/mol. The lowest BCUT2D eigenvalue weighted by Gasteiger charge is -2.57. The maximum Gasteiger partial charge on any atom is 0.222 e. The molecule has 5 aliphatic carbocycles. The van der Waals surface area contributed by atoms with Gasteiger partial charge in [-0.25, -0.2) is 0 Å². The molecule has 0 radical (unpaired) electrons. The first-order valence-corrected chi connectivity index (χ1v) is 12.1. The highest BCUT2D eigenvalue weighted by atomic mass is 17.3. The number of amides is 1. The minimum atomic E-state index is -0.553. The SMILES string of the molecule is CN1CCN(C(=O)CC2CCC3(CC2)OOC2(O3)C3CC4CC(C3)CC2C4)CC1. The van der Waals surface area contributed by atoms with Crippen molar-refractivity contribution >= 4 is 5.91 Å². The second-order valence-electron chi connectivity index (χ2n) is 11.0. The van der Waals surface area contributed by atoms with Crippen LogP contribution in [0.5, 0.6) is 0 Å². The largest absolute Gasteiger partial charge is 0.340 e. The van der Waals surface area contributed by atoms with Crippen molar-refractivity contribution in [1.29, 1.82) is 0 Å². The Morgan fingerprint density at radius 2 is 1.52 bits per heavy atom. The maximum atomic E-state index is 12.7. The highest BCUT2D eigenvalue weighted by Gasteiger charge is 2.66. The van der Waals surface area contributed by atoms with Gasteiger partial charge >= 0.3 is 0 Å². The normalized spacial score (nSPS) is 49.4. The van der Waals surface area contributed by atoms with Gasteiger partial charge in [0.2, 0.25) is 17.5 Å². The van der Waals surface area contributed by atoms with E-state index in [1.807, 2.05) is 0 Å². The van der Waals surface area contributed by atoms with E-state index in [9.17, 15) is 4.79 Å². The van der Waals surface area contributed by atoms with Crippen LogP contribution in [-0.4, -0.2) is 60.5 Å². The summed E-state index contributed by atoms with van der Waals surface area (Å²) >= 11 is 0. The number of rotatable bonds is 2.